The van der Waals surface area contributed by atoms with Gasteiger partial charge >= 0.3 is 6.36 Å². The van der Waals surface area contributed by atoms with E-state index in [-0.39, 0.29) is 18.5 Å². The number of benzene rings is 1. The maximum atomic E-state index is 12.9. The second kappa shape index (κ2) is 11.8. The second-order valence-corrected chi connectivity index (χ2v) is 7.91. The van der Waals surface area contributed by atoms with Gasteiger partial charge in [-0.25, -0.2) is 4.39 Å². The normalized spacial score (nSPS) is 17.6. The Morgan fingerprint density at radius 3 is 2.53 bits per heavy atom. The zero-order chi connectivity index (χ0) is 25.5. The summed E-state index contributed by atoms with van der Waals surface area (Å²) < 4.78 is 53.8. The van der Waals surface area contributed by atoms with Crippen molar-refractivity contribution in [2.45, 2.75) is 64.0 Å². The highest BCUT2D eigenvalue weighted by Crippen LogP contribution is 2.23. The van der Waals surface area contributed by atoms with Gasteiger partial charge in [0.15, 0.2) is 5.78 Å². The maximum absolute atomic E-state index is 12.9. The molecule has 3 atom stereocenters. The molecule has 0 bridgehead atoms. The van der Waals surface area contributed by atoms with Crippen LogP contribution in [-0.4, -0.2) is 66.1 Å². The minimum Gasteiger partial charge on any atom is -0.406 e. The van der Waals surface area contributed by atoms with Crippen molar-refractivity contribution < 1.29 is 41.5 Å². The summed E-state index contributed by atoms with van der Waals surface area (Å²) >= 11 is 0. The number of hydrogen-bond donors (Lipinski definition) is 2. The molecule has 8 nitrogen and oxygen atoms in total. The fourth-order valence-electron chi connectivity index (χ4n) is 3.69. The summed E-state index contributed by atoms with van der Waals surface area (Å²) in [7, 11) is 0. The fraction of sp³-hybridized carbons (Fsp3) is 0.545. The number of carbonyl (C=O) groups is 4. The van der Waals surface area contributed by atoms with Crippen LogP contribution in [0.4, 0.5) is 17.6 Å². The zero-order valence-electron chi connectivity index (χ0n) is 18.8. The first-order chi connectivity index (χ1) is 16.0. The van der Waals surface area contributed by atoms with E-state index in [9.17, 15) is 36.7 Å². The van der Waals surface area contributed by atoms with Gasteiger partial charge in [0.1, 0.15) is 24.5 Å². The SMILES string of the molecule is CCC[C@H](NC(=O)[C@@H]1CCCN1C(=O)[C@H](C)NC(=O)c1cccc(OC(F)(F)F)c1)C(=O)CF. The number of likely N-dealkylation sites (tertiary alicyclic amines) is 1. The summed E-state index contributed by atoms with van der Waals surface area (Å²) in [5, 5.41) is 4.92. The summed E-state index contributed by atoms with van der Waals surface area (Å²) in [5.41, 5.74) is -0.149. The molecule has 1 fully saturated rings. The molecule has 1 aromatic rings. The van der Waals surface area contributed by atoms with Gasteiger partial charge in [0.05, 0.1) is 6.04 Å². The van der Waals surface area contributed by atoms with Crippen LogP contribution in [0, 0.1) is 0 Å². The smallest absolute Gasteiger partial charge is 0.406 e. The number of carbonyl (C=O) groups excluding carboxylic acids is 4. The van der Waals surface area contributed by atoms with Crippen molar-refractivity contribution in [3.63, 3.8) is 0 Å². The number of amides is 3. The van der Waals surface area contributed by atoms with E-state index in [2.05, 4.69) is 15.4 Å². The van der Waals surface area contributed by atoms with Crippen molar-refractivity contribution >= 4 is 23.5 Å². The number of alkyl halides is 4. The molecule has 1 aliphatic rings. The van der Waals surface area contributed by atoms with Crippen molar-refractivity contribution in [3.8, 4) is 5.75 Å². The molecule has 1 aromatic carbocycles. The molecule has 12 heteroatoms. The lowest BCUT2D eigenvalue weighted by molar-refractivity contribution is -0.274. The molecule has 2 N–H and O–H groups in total. The number of ether oxygens (including phenoxy) is 1. The van der Waals surface area contributed by atoms with Crippen LogP contribution in [0.1, 0.15) is 49.9 Å². The van der Waals surface area contributed by atoms with Crippen LogP contribution in [0.25, 0.3) is 0 Å². The van der Waals surface area contributed by atoms with Crippen molar-refractivity contribution in [2.75, 3.05) is 13.2 Å². The van der Waals surface area contributed by atoms with Gasteiger partial charge in [-0.3, -0.25) is 19.2 Å². The van der Waals surface area contributed by atoms with E-state index < -0.39 is 60.4 Å². The molecule has 0 spiro atoms. The average Bonchev–Trinajstić information content (AvgIpc) is 3.26. The Labute approximate surface area is 194 Å². The number of Topliss-reactive ketones (excluding diaryl/α,β-unsaturated/α-hetero) is 1. The lowest BCUT2D eigenvalue weighted by atomic mass is 10.1. The van der Waals surface area contributed by atoms with Crippen molar-refractivity contribution in [3.05, 3.63) is 29.8 Å². The van der Waals surface area contributed by atoms with Gasteiger partial charge in [-0.2, -0.15) is 0 Å². The predicted molar refractivity (Wildman–Crippen MR) is 113 cm³/mol. The first-order valence-electron chi connectivity index (χ1n) is 10.8. The Bertz CT molecular complexity index is 909. The lowest BCUT2D eigenvalue weighted by Gasteiger charge is -2.28. The summed E-state index contributed by atoms with van der Waals surface area (Å²) in [6, 6.07) is 1.43. The van der Waals surface area contributed by atoms with Gasteiger partial charge in [-0.05, 0) is 44.4 Å². The molecule has 0 radical (unpaired) electrons. The van der Waals surface area contributed by atoms with E-state index >= 15 is 0 Å². The molecular formula is C22H27F4N3O5. The molecular weight excluding hydrogens is 462 g/mol. The molecule has 188 valence electrons. The topological polar surface area (TPSA) is 105 Å². The van der Waals surface area contributed by atoms with Crippen LogP contribution < -0.4 is 15.4 Å². The van der Waals surface area contributed by atoms with Crippen LogP contribution in [0.15, 0.2) is 24.3 Å². The number of hydrogen-bond acceptors (Lipinski definition) is 5. The molecule has 34 heavy (non-hydrogen) atoms. The van der Waals surface area contributed by atoms with Crippen molar-refractivity contribution in [1.82, 2.24) is 15.5 Å². The number of halogens is 4. The van der Waals surface area contributed by atoms with Crippen LogP contribution in [0.2, 0.25) is 0 Å². The molecule has 3 amide bonds. The third kappa shape index (κ3) is 7.42. The minimum atomic E-state index is -4.92. The summed E-state index contributed by atoms with van der Waals surface area (Å²) in [6.07, 6.45) is -3.27. The number of rotatable bonds is 10. The summed E-state index contributed by atoms with van der Waals surface area (Å²) in [4.78, 5) is 51.1. The van der Waals surface area contributed by atoms with Gasteiger partial charge in [-0.1, -0.05) is 19.4 Å². The largest absolute Gasteiger partial charge is 0.573 e. The highest BCUT2D eigenvalue weighted by Gasteiger charge is 2.37. The van der Waals surface area contributed by atoms with Crippen molar-refractivity contribution in [2.24, 2.45) is 0 Å². The second-order valence-electron chi connectivity index (χ2n) is 7.91. The standard InChI is InChI=1S/C22H27F4N3O5/c1-3-6-16(18(30)12-23)28-20(32)17-9-5-10-29(17)21(33)13(2)27-19(31)14-7-4-8-15(11-14)34-22(24,25)26/h4,7-8,11,13,16-17H,3,5-6,9-10,12H2,1-2H3,(H,27,31)(H,28,32)/t13-,16-,17-/m0/s1. The first-order valence-corrected chi connectivity index (χ1v) is 10.8. The molecule has 0 aromatic heterocycles. The Morgan fingerprint density at radius 2 is 1.91 bits per heavy atom. The van der Waals surface area contributed by atoms with Gasteiger partial charge in [-0.15, -0.1) is 13.2 Å². The molecule has 1 aliphatic heterocycles. The molecule has 1 heterocycles. The third-order valence-corrected chi connectivity index (χ3v) is 5.30. The number of nitrogens with one attached hydrogen (secondary N) is 2. The monoisotopic (exact) mass is 489 g/mol. The van der Waals surface area contributed by atoms with E-state index in [1.165, 1.54) is 24.0 Å². The molecule has 2 rings (SSSR count). The number of nitrogens with zero attached hydrogens (tertiary/aromatic N) is 1. The van der Waals surface area contributed by atoms with Crippen LogP contribution in [-0.2, 0) is 14.4 Å². The predicted octanol–water partition coefficient (Wildman–Crippen LogP) is 2.52. The van der Waals surface area contributed by atoms with Crippen LogP contribution in [0.5, 0.6) is 5.75 Å². The lowest BCUT2D eigenvalue weighted by Crippen LogP contribution is -2.54. The van der Waals surface area contributed by atoms with E-state index in [0.29, 0.717) is 19.3 Å². The highest BCUT2D eigenvalue weighted by molar-refractivity contribution is 5.99. The first kappa shape index (κ1) is 27.1. The quantitative estimate of drug-likeness (QED) is 0.492. The van der Waals surface area contributed by atoms with Gasteiger partial charge < -0.3 is 20.3 Å². The molecule has 1 saturated heterocycles. The highest BCUT2D eigenvalue weighted by atomic mass is 19.4. The maximum Gasteiger partial charge on any atom is 0.573 e. The van der Waals surface area contributed by atoms with Crippen molar-refractivity contribution in [1.29, 1.82) is 0 Å². The Morgan fingerprint density at radius 1 is 1.21 bits per heavy atom. The summed E-state index contributed by atoms with van der Waals surface area (Å²) in [6.45, 7) is 2.19. The zero-order valence-corrected chi connectivity index (χ0v) is 18.8. The van der Waals surface area contributed by atoms with Gasteiger partial charge in [0, 0.05) is 12.1 Å². The van der Waals surface area contributed by atoms with E-state index in [0.717, 1.165) is 12.1 Å². The third-order valence-electron chi connectivity index (χ3n) is 5.30. The van der Waals surface area contributed by atoms with Gasteiger partial charge in [0.2, 0.25) is 11.8 Å². The average molecular weight is 489 g/mol. The Balaban J connectivity index is 2.04. The molecule has 0 unspecified atom stereocenters. The van der Waals surface area contributed by atoms with Crippen LogP contribution >= 0.6 is 0 Å². The van der Waals surface area contributed by atoms with Crippen LogP contribution in [0.3, 0.4) is 0 Å². The molecule has 0 saturated carbocycles. The number of ketones is 1. The summed E-state index contributed by atoms with van der Waals surface area (Å²) in [5.74, 6) is -3.28. The molecule has 0 aliphatic carbocycles. The Hall–Kier alpha value is -3.18. The van der Waals surface area contributed by atoms with E-state index in [1.807, 2.05) is 0 Å². The van der Waals surface area contributed by atoms with E-state index in [4.69, 9.17) is 0 Å². The van der Waals surface area contributed by atoms with E-state index in [1.54, 1.807) is 6.92 Å². The van der Waals surface area contributed by atoms with Gasteiger partial charge in [0.25, 0.3) is 5.91 Å². The minimum absolute atomic E-state index is 0.149. The fourth-order valence-corrected chi connectivity index (χ4v) is 3.69. The Kier molecular flexibility index (Phi) is 9.39.